The van der Waals surface area contributed by atoms with Crippen LogP contribution in [0.2, 0.25) is 5.02 Å². The summed E-state index contributed by atoms with van der Waals surface area (Å²) in [5.74, 6) is -0.444. The Morgan fingerprint density at radius 2 is 2.10 bits per heavy atom. The molecule has 1 amide bonds. The third-order valence-electron chi connectivity index (χ3n) is 5.37. The molecule has 3 heterocycles. The van der Waals surface area contributed by atoms with E-state index >= 15 is 0 Å². The molecule has 4 rings (SSSR count). The van der Waals surface area contributed by atoms with Crippen molar-refractivity contribution in [2.75, 3.05) is 6.54 Å². The summed E-state index contributed by atoms with van der Waals surface area (Å²) in [6, 6.07) is 6.17. The number of rotatable bonds is 3. The standard InChI is InChI=1S/C21H22ClFN4O2/c1-13-18(20(25-29-13)19-14(22)7-6-8-15(19)23)21(28)27-11-5-3-4-9-17(27)16-10-12-26(2)24-16/h6-8,10,12,17H,3-5,9,11H2,1-2H3/t17-/m1/s1. The maximum absolute atomic E-state index is 14.5. The summed E-state index contributed by atoms with van der Waals surface area (Å²) in [6.07, 6.45) is 5.65. The molecule has 0 spiro atoms. The second kappa shape index (κ2) is 7.99. The van der Waals surface area contributed by atoms with Crippen molar-refractivity contribution in [2.24, 2.45) is 7.05 Å². The van der Waals surface area contributed by atoms with E-state index in [0.29, 0.717) is 12.3 Å². The van der Waals surface area contributed by atoms with E-state index in [0.717, 1.165) is 31.4 Å². The minimum atomic E-state index is -0.544. The van der Waals surface area contributed by atoms with Crippen molar-refractivity contribution in [3.8, 4) is 11.3 Å². The zero-order valence-corrected chi connectivity index (χ0v) is 17.1. The highest BCUT2D eigenvalue weighted by molar-refractivity contribution is 6.33. The van der Waals surface area contributed by atoms with Gasteiger partial charge in [-0.1, -0.05) is 35.7 Å². The number of hydrogen-bond donors (Lipinski definition) is 0. The zero-order chi connectivity index (χ0) is 20.5. The first-order valence-electron chi connectivity index (χ1n) is 9.68. The fourth-order valence-electron chi connectivity index (χ4n) is 3.93. The lowest BCUT2D eigenvalue weighted by molar-refractivity contribution is 0.0675. The Morgan fingerprint density at radius 3 is 2.83 bits per heavy atom. The fourth-order valence-corrected chi connectivity index (χ4v) is 4.18. The summed E-state index contributed by atoms with van der Waals surface area (Å²) in [7, 11) is 1.86. The fraction of sp³-hybridized carbons (Fsp3) is 0.381. The topological polar surface area (TPSA) is 64.2 Å². The van der Waals surface area contributed by atoms with Crippen LogP contribution in [0.25, 0.3) is 11.3 Å². The average molecular weight is 417 g/mol. The van der Waals surface area contributed by atoms with Crippen molar-refractivity contribution in [1.82, 2.24) is 19.8 Å². The van der Waals surface area contributed by atoms with Crippen molar-refractivity contribution in [3.63, 3.8) is 0 Å². The van der Waals surface area contributed by atoms with Crippen LogP contribution in [0.1, 0.15) is 53.5 Å². The number of halogens is 2. The Morgan fingerprint density at radius 1 is 1.28 bits per heavy atom. The number of nitrogens with zero attached hydrogens (tertiary/aromatic N) is 4. The normalized spacial score (nSPS) is 17.4. The molecule has 29 heavy (non-hydrogen) atoms. The lowest BCUT2D eigenvalue weighted by Crippen LogP contribution is -2.35. The highest BCUT2D eigenvalue weighted by atomic mass is 35.5. The Labute approximate surface area is 173 Å². The van der Waals surface area contributed by atoms with Gasteiger partial charge in [0.05, 0.1) is 22.3 Å². The minimum Gasteiger partial charge on any atom is -0.360 e. The molecule has 1 aliphatic heterocycles. The molecular weight excluding hydrogens is 395 g/mol. The van der Waals surface area contributed by atoms with Crippen LogP contribution in [0.5, 0.6) is 0 Å². The Kier molecular flexibility index (Phi) is 5.41. The lowest BCUT2D eigenvalue weighted by atomic mass is 10.0. The maximum Gasteiger partial charge on any atom is 0.260 e. The van der Waals surface area contributed by atoms with Gasteiger partial charge < -0.3 is 9.42 Å². The smallest absolute Gasteiger partial charge is 0.260 e. The zero-order valence-electron chi connectivity index (χ0n) is 16.4. The molecule has 1 fully saturated rings. The van der Waals surface area contributed by atoms with Gasteiger partial charge in [0.2, 0.25) is 0 Å². The molecule has 1 aliphatic rings. The summed E-state index contributed by atoms with van der Waals surface area (Å²) >= 11 is 6.23. The SMILES string of the molecule is Cc1onc(-c2c(F)cccc2Cl)c1C(=O)N1CCCCC[C@@H]1c1ccn(C)n1. The second-order valence-corrected chi connectivity index (χ2v) is 7.74. The van der Waals surface area contributed by atoms with Crippen LogP contribution in [0.4, 0.5) is 4.39 Å². The van der Waals surface area contributed by atoms with Gasteiger partial charge >= 0.3 is 0 Å². The van der Waals surface area contributed by atoms with Crippen LogP contribution in [-0.2, 0) is 7.05 Å². The lowest BCUT2D eigenvalue weighted by Gasteiger charge is -2.29. The number of aromatic nitrogens is 3. The van der Waals surface area contributed by atoms with Gasteiger partial charge in [-0.25, -0.2) is 4.39 Å². The summed E-state index contributed by atoms with van der Waals surface area (Å²) in [4.78, 5) is 15.5. The third-order valence-corrected chi connectivity index (χ3v) is 5.68. The van der Waals surface area contributed by atoms with E-state index in [1.807, 2.05) is 24.2 Å². The summed E-state index contributed by atoms with van der Waals surface area (Å²) in [6.45, 7) is 2.25. The predicted molar refractivity (Wildman–Crippen MR) is 107 cm³/mol. The van der Waals surface area contributed by atoms with Crippen molar-refractivity contribution in [3.05, 3.63) is 58.3 Å². The number of hydrogen-bond acceptors (Lipinski definition) is 4. The first kappa shape index (κ1) is 19.6. The summed E-state index contributed by atoms with van der Waals surface area (Å²) in [5, 5.41) is 8.69. The maximum atomic E-state index is 14.5. The molecule has 8 heteroatoms. The number of carbonyl (C=O) groups is 1. The minimum absolute atomic E-state index is 0.0820. The molecule has 1 saturated heterocycles. The Balaban J connectivity index is 1.78. The molecule has 1 aromatic carbocycles. The average Bonchev–Trinajstić information content (AvgIpc) is 3.18. The highest BCUT2D eigenvalue weighted by Crippen LogP contribution is 2.36. The van der Waals surface area contributed by atoms with E-state index in [4.69, 9.17) is 16.1 Å². The largest absolute Gasteiger partial charge is 0.360 e. The number of benzene rings is 1. The first-order chi connectivity index (χ1) is 14.0. The molecule has 0 aliphatic carbocycles. The Bertz CT molecular complexity index is 1020. The summed E-state index contributed by atoms with van der Waals surface area (Å²) < 4.78 is 21.6. The van der Waals surface area contributed by atoms with Gasteiger partial charge in [0.1, 0.15) is 22.8 Å². The molecule has 3 aromatic rings. The monoisotopic (exact) mass is 416 g/mol. The molecule has 0 radical (unpaired) electrons. The molecule has 0 saturated carbocycles. The van der Waals surface area contributed by atoms with E-state index in [1.165, 1.54) is 12.1 Å². The Hall–Kier alpha value is -2.67. The van der Waals surface area contributed by atoms with Gasteiger partial charge in [-0.15, -0.1) is 0 Å². The van der Waals surface area contributed by atoms with Gasteiger partial charge in [0.25, 0.3) is 5.91 Å². The molecular formula is C21H22ClFN4O2. The second-order valence-electron chi connectivity index (χ2n) is 7.34. The van der Waals surface area contributed by atoms with Crippen molar-refractivity contribution in [2.45, 2.75) is 38.6 Å². The third kappa shape index (κ3) is 3.67. The van der Waals surface area contributed by atoms with E-state index < -0.39 is 5.82 Å². The molecule has 2 aromatic heterocycles. The molecule has 6 nitrogen and oxygen atoms in total. The number of aryl methyl sites for hydroxylation is 2. The number of carbonyl (C=O) groups excluding carboxylic acids is 1. The predicted octanol–water partition coefficient (Wildman–Crippen LogP) is 4.93. The van der Waals surface area contributed by atoms with Crippen LogP contribution in [0, 0.1) is 12.7 Å². The van der Waals surface area contributed by atoms with Gasteiger partial charge in [0.15, 0.2) is 0 Å². The van der Waals surface area contributed by atoms with Crippen molar-refractivity contribution < 1.29 is 13.7 Å². The quantitative estimate of drug-likeness (QED) is 0.607. The van der Waals surface area contributed by atoms with Crippen LogP contribution >= 0.6 is 11.6 Å². The van der Waals surface area contributed by atoms with Crippen molar-refractivity contribution >= 4 is 17.5 Å². The van der Waals surface area contributed by atoms with Gasteiger partial charge in [0, 0.05) is 19.8 Å². The van der Waals surface area contributed by atoms with Gasteiger partial charge in [-0.2, -0.15) is 5.10 Å². The highest BCUT2D eigenvalue weighted by Gasteiger charge is 2.34. The van der Waals surface area contributed by atoms with E-state index in [1.54, 1.807) is 17.7 Å². The number of amides is 1. The van der Waals surface area contributed by atoms with Gasteiger partial charge in [-0.3, -0.25) is 9.48 Å². The van der Waals surface area contributed by atoms with E-state index in [9.17, 15) is 9.18 Å². The van der Waals surface area contributed by atoms with Crippen LogP contribution in [0.15, 0.2) is 35.0 Å². The first-order valence-corrected chi connectivity index (χ1v) is 10.1. The van der Waals surface area contributed by atoms with E-state index in [-0.39, 0.29) is 33.8 Å². The molecule has 0 bridgehead atoms. The van der Waals surface area contributed by atoms with Crippen LogP contribution in [0.3, 0.4) is 0 Å². The summed E-state index contributed by atoms with van der Waals surface area (Å²) in [5.41, 5.74) is 1.32. The van der Waals surface area contributed by atoms with Crippen molar-refractivity contribution in [1.29, 1.82) is 0 Å². The van der Waals surface area contributed by atoms with Gasteiger partial charge in [-0.05, 0) is 38.0 Å². The van der Waals surface area contributed by atoms with E-state index in [2.05, 4.69) is 10.3 Å². The molecule has 1 atom stereocenters. The van der Waals surface area contributed by atoms with Crippen LogP contribution in [-0.4, -0.2) is 32.3 Å². The molecule has 0 unspecified atom stereocenters. The molecule has 0 N–H and O–H groups in total. The molecule has 152 valence electrons. The number of likely N-dealkylation sites (tertiary alicyclic amines) is 1. The van der Waals surface area contributed by atoms with Crippen LogP contribution < -0.4 is 0 Å².